The highest BCUT2D eigenvalue weighted by atomic mass is 79.9. The standard InChI is InChI=1S/C31H38BrN3O5S/c1-31(2,3)40-30(38)34-27(13-7-8-18-39-29(37)33-20-23-10-5-4-6-11-23)28(36)35(22-26-12-9-19-41-26)21-24-14-16-25(32)17-15-24/h4-6,9-12,14-17,19,27H,7-8,13,18,20-22H2,1-3H3,(H,33,37)(H,34,38)/t27-/m0/s1. The van der Waals surface area contributed by atoms with E-state index in [1.54, 1.807) is 37.0 Å². The summed E-state index contributed by atoms with van der Waals surface area (Å²) in [7, 11) is 0. The monoisotopic (exact) mass is 643 g/mol. The number of ether oxygens (including phenoxy) is 2. The summed E-state index contributed by atoms with van der Waals surface area (Å²) < 4.78 is 11.7. The van der Waals surface area contributed by atoms with E-state index in [4.69, 9.17) is 9.47 Å². The topological polar surface area (TPSA) is 97.0 Å². The molecule has 2 N–H and O–H groups in total. The highest BCUT2D eigenvalue weighted by molar-refractivity contribution is 9.10. The average molecular weight is 645 g/mol. The Kier molecular flexibility index (Phi) is 12.7. The van der Waals surface area contributed by atoms with E-state index in [1.165, 1.54) is 0 Å². The Morgan fingerprint density at radius 1 is 0.902 bits per heavy atom. The molecule has 220 valence electrons. The fourth-order valence-corrected chi connectivity index (χ4v) is 4.96. The summed E-state index contributed by atoms with van der Waals surface area (Å²) in [6, 6.07) is 20.5. The molecule has 0 unspecified atom stereocenters. The summed E-state index contributed by atoms with van der Waals surface area (Å²) in [5.41, 5.74) is 1.26. The third kappa shape index (κ3) is 12.4. The third-order valence-electron chi connectivity index (χ3n) is 5.91. The molecule has 0 aliphatic carbocycles. The van der Waals surface area contributed by atoms with Gasteiger partial charge in [-0.15, -0.1) is 11.3 Å². The first kappa shape index (κ1) is 32.1. The number of alkyl carbamates (subject to hydrolysis) is 2. The number of hydrogen-bond donors (Lipinski definition) is 2. The first-order valence-corrected chi connectivity index (χ1v) is 15.3. The first-order chi connectivity index (χ1) is 19.6. The zero-order valence-electron chi connectivity index (χ0n) is 23.7. The molecular formula is C31H38BrN3O5S. The van der Waals surface area contributed by atoms with Gasteiger partial charge in [0, 0.05) is 22.4 Å². The molecule has 0 spiro atoms. The minimum absolute atomic E-state index is 0.200. The minimum Gasteiger partial charge on any atom is -0.450 e. The fraction of sp³-hybridized carbons (Fsp3) is 0.387. The van der Waals surface area contributed by atoms with Crippen molar-refractivity contribution in [3.05, 3.63) is 92.6 Å². The summed E-state index contributed by atoms with van der Waals surface area (Å²) in [4.78, 5) is 41.4. The number of benzene rings is 2. The molecule has 1 heterocycles. The van der Waals surface area contributed by atoms with Crippen molar-refractivity contribution in [2.24, 2.45) is 0 Å². The molecule has 10 heteroatoms. The number of carbonyl (C=O) groups is 3. The predicted octanol–water partition coefficient (Wildman–Crippen LogP) is 7.03. The molecule has 2 aromatic carbocycles. The molecular weight excluding hydrogens is 606 g/mol. The molecule has 0 saturated carbocycles. The lowest BCUT2D eigenvalue weighted by molar-refractivity contribution is -0.135. The molecule has 0 radical (unpaired) electrons. The number of amides is 3. The van der Waals surface area contributed by atoms with Crippen molar-refractivity contribution in [1.82, 2.24) is 15.5 Å². The molecule has 3 amide bonds. The van der Waals surface area contributed by atoms with Crippen molar-refractivity contribution in [1.29, 1.82) is 0 Å². The first-order valence-electron chi connectivity index (χ1n) is 13.6. The molecule has 0 fully saturated rings. The Morgan fingerprint density at radius 3 is 2.29 bits per heavy atom. The summed E-state index contributed by atoms with van der Waals surface area (Å²) in [5, 5.41) is 7.50. The van der Waals surface area contributed by atoms with Gasteiger partial charge in [-0.05, 0) is 74.7 Å². The van der Waals surface area contributed by atoms with Crippen LogP contribution in [0.15, 0.2) is 76.6 Å². The van der Waals surface area contributed by atoms with E-state index in [9.17, 15) is 14.4 Å². The number of carbonyl (C=O) groups excluding carboxylic acids is 3. The van der Waals surface area contributed by atoms with Crippen LogP contribution in [-0.2, 0) is 33.9 Å². The Labute approximate surface area is 254 Å². The molecule has 0 aliphatic heterocycles. The van der Waals surface area contributed by atoms with Crippen molar-refractivity contribution in [2.75, 3.05) is 6.61 Å². The Bertz CT molecular complexity index is 1230. The second-order valence-electron chi connectivity index (χ2n) is 10.6. The van der Waals surface area contributed by atoms with Gasteiger partial charge in [-0.1, -0.05) is 64.5 Å². The van der Waals surface area contributed by atoms with Crippen LogP contribution >= 0.6 is 27.3 Å². The molecule has 8 nitrogen and oxygen atoms in total. The smallest absolute Gasteiger partial charge is 0.408 e. The lowest BCUT2D eigenvalue weighted by atomic mass is 10.1. The van der Waals surface area contributed by atoms with Crippen molar-refractivity contribution >= 4 is 45.4 Å². The maximum atomic E-state index is 13.9. The highest BCUT2D eigenvalue weighted by Gasteiger charge is 2.28. The number of halogens is 1. The second kappa shape index (κ2) is 16.2. The SMILES string of the molecule is CC(C)(C)OC(=O)N[C@@H](CCCCOC(=O)NCc1ccccc1)C(=O)N(Cc1ccc(Br)cc1)Cc1cccs1. The largest absolute Gasteiger partial charge is 0.450 e. The number of rotatable bonds is 13. The van der Waals surface area contributed by atoms with Crippen LogP contribution in [0.5, 0.6) is 0 Å². The zero-order valence-corrected chi connectivity index (χ0v) is 26.1. The van der Waals surface area contributed by atoms with Crippen LogP contribution in [0.2, 0.25) is 0 Å². The summed E-state index contributed by atoms with van der Waals surface area (Å²) >= 11 is 5.03. The van der Waals surface area contributed by atoms with E-state index < -0.39 is 23.8 Å². The molecule has 0 bridgehead atoms. The van der Waals surface area contributed by atoms with E-state index in [0.717, 1.165) is 20.5 Å². The van der Waals surface area contributed by atoms with Gasteiger partial charge < -0.3 is 25.0 Å². The Balaban J connectivity index is 1.61. The van der Waals surface area contributed by atoms with E-state index in [0.29, 0.717) is 38.9 Å². The molecule has 41 heavy (non-hydrogen) atoms. The second-order valence-corrected chi connectivity index (χ2v) is 12.5. The van der Waals surface area contributed by atoms with E-state index in [2.05, 4.69) is 26.6 Å². The average Bonchev–Trinajstić information content (AvgIpc) is 3.44. The lowest BCUT2D eigenvalue weighted by Crippen LogP contribution is -2.49. The Hall–Kier alpha value is -3.37. The zero-order chi connectivity index (χ0) is 29.7. The fourth-order valence-electron chi connectivity index (χ4n) is 3.98. The van der Waals surface area contributed by atoms with Gasteiger partial charge in [-0.3, -0.25) is 4.79 Å². The van der Waals surface area contributed by atoms with Crippen LogP contribution < -0.4 is 10.6 Å². The number of unbranched alkanes of at least 4 members (excludes halogenated alkanes) is 1. The predicted molar refractivity (Wildman–Crippen MR) is 164 cm³/mol. The van der Waals surface area contributed by atoms with Crippen LogP contribution in [0.4, 0.5) is 9.59 Å². The van der Waals surface area contributed by atoms with Crippen molar-refractivity contribution in [2.45, 2.75) is 71.3 Å². The van der Waals surface area contributed by atoms with Crippen molar-refractivity contribution < 1.29 is 23.9 Å². The van der Waals surface area contributed by atoms with Crippen LogP contribution in [0, 0.1) is 0 Å². The van der Waals surface area contributed by atoms with Gasteiger partial charge in [-0.2, -0.15) is 0 Å². The van der Waals surface area contributed by atoms with E-state index in [-0.39, 0.29) is 12.5 Å². The van der Waals surface area contributed by atoms with Crippen molar-refractivity contribution in [3.8, 4) is 0 Å². The van der Waals surface area contributed by atoms with Crippen LogP contribution in [0.25, 0.3) is 0 Å². The maximum Gasteiger partial charge on any atom is 0.408 e. The van der Waals surface area contributed by atoms with Gasteiger partial charge in [0.2, 0.25) is 5.91 Å². The molecule has 3 rings (SSSR count). The van der Waals surface area contributed by atoms with Gasteiger partial charge >= 0.3 is 12.2 Å². The number of nitrogens with zero attached hydrogens (tertiary/aromatic N) is 1. The quantitative estimate of drug-likeness (QED) is 0.195. The van der Waals surface area contributed by atoms with Gasteiger partial charge in [-0.25, -0.2) is 9.59 Å². The van der Waals surface area contributed by atoms with Crippen molar-refractivity contribution in [3.63, 3.8) is 0 Å². The number of hydrogen-bond acceptors (Lipinski definition) is 6. The van der Waals surface area contributed by atoms with Crippen LogP contribution in [-0.4, -0.2) is 41.2 Å². The number of thiophene rings is 1. The number of nitrogens with one attached hydrogen (secondary N) is 2. The minimum atomic E-state index is -0.799. The third-order valence-corrected chi connectivity index (χ3v) is 7.30. The van der Waals surface area contributed by atoms with Gasteiger partial charge in [0.25, 0.3) is 0 Å². The molecule has 1 atom stereocenters. The van der Waals surface area contributed by atoms with Gasteiger partial charge in [0.1, 0.15) is 11.6 Å². The molecule has 1 aromatic heterocycles. The molecule has 0 aliphatic rings. The van der Waals surface area contributed by atoms with Crippen LogP contribution in [0.1, 0.15) is 56.0 Å². The van der Waals surface area contributed by atoms with E-state index >= 15 is 0 Å². The summed E-state index contributed by atoms with van der Waals surface area (Å²) in [6.07, 6.45) is 0.325. The summed E-state index contributed by atoms with van der Waals surface area (Å²) in [5.74, 6) is -0.200. The lowest BCUT2D eigenvalue weighted by Gasteiger charge is -2.29. The van der Waals surface area contributed by atoms with Gasteiger partial charge in [0.15, 0.2) is 0 Å². The molecule has 3 aromatic rings. The summed E-state index contributed by atoms with van der Waals surface area (Å²) in [6.45, 7) is 6.73. The van der Waals surface area contributed by atoms with E-state index in [1.807, 2.05) is 72.1 Å². The van der Waals surface area contributed by atoms with Gasteiger partial charge in [0.05, 0.1) is 13.2 Å². The maximum absolute atomic E-state index is 13.9. The highest BCUT2D eigenvalue weighted by Crippen LogP contribution is 2.19. The normalized spacial score (nSPS) is 11.8. The van der Waals surface area contributed by atoms with Crippen LogP contribution in [0.3, 0.4) is 0 Å². The molecule has 0 saturated heterocycles. The Morgan fingerprint density at radius 2 is 1.63 bits per heavy atom.